The maximum atomic E-state index is 5.95. The van der Waals surface area contributed by atoms with Gasteiger partial charge in [0, 0.05) is 6.54 Å². The summed E-state index contributed by atoms with van der Waals surface area (Å²) in [6.07, 6.45) is 2.23. The monoisotopic (exact) mass is 285 g/mol. The van der Waals surface area contributed by atoms with Crippen LogP contribution in [0.25, 0.3) is 0 Å². The van der Waals surface area contributed by atoms with Gasteiger partial charge in [0.15, 0.2) is 5.75 Å². The minimum absolute atomic E-state index is 0.506. The summed E-state index contributed by atoms with van der Waals surface area (Å²) in [5.74, 6) is 2.48. The molecule has 110 valence electrons. The van der Waals surface area contributed by atoms with Crippen LogP contribution in [-0.4, -0.2) is 23.1 Å². The van der Waals surface area contributed by atoms with E-state index in [-0.39, 0.29) is 0 Å². The smallest absolute Gasteiger partial charge is 0.226 e. The van der Waals surface area contributed by atoms with Crippen LogP contribution in [0, 0.1) is 6.92 Å². The van der Waals surface area contributed by atoms with E-state index >= 15 is 0 Å². The van der Waals surface area contributed by atoms with E-state index in [4.69, 9.17) is 9.47 Å². The Bertz CT molecular complexity index is 643. The average Bonchev–Trinajstić information content (AvgIpc) is 2.47. The van der Waals surface area contributed by atoms with Crippen molar-refractivity contribution >= 4 is 5.69 Å². The van der Waals surface area contributed by atoms with Gasteiger partial charge >= 0.3 is 0 Å². The molecule has 2 heterocycles. The molecule has 1 aromatic heterocycles. The summed E-state index contributed by atoms with van der Waals surface area (Å²) >= 11 is 0. The van der Waals surface area contributed by atoms with Crippen LogP contribution in [0.2, 0.25) is 0 Å². The number of fused-ring (bicyclic) bond motifs is 1. The summed E-state index contributed by atoms with van der Waals surface area (Å²) in [6, 6.07) is 7.82. The SMILES string of the molecule is CCOc1cc(Oc2cccc3c2NCCC3)nc(C)n1. The van der Waals surface area contributed by atoms with Crippen molar-refractivity contribution in [3.05, 3.63) is 35.7 Å². The van der Waals surface area contributed by atoms with Crippen LogP contribution in [0.15, 0.2) is 24.3 Å². The maximum absolute atomic E-state index is 5.95. The zero-order valence-electron chi connectivity index (χ0n) is 12.3. The van der Waals surface area contributed by atoms with Crippen LogP contribution in [0.5, 0.6) is 17.5 Å². The Kier molecular flexibility index (Phi) is 3.90. The Hall–Kier alpha value is -2.30. The van der Waals surface area contributed by atoms with Crippen LogP contribution < -0.4 is 14.8 Å². The molecule has 0 fully saturated rings. The number of para-hydroxylation sites is 1. The second-order valence-electron chi connectivity index (χ2n) is 4.95. The Morgan fingerprint density at radius 3 is 2.95 bits per heavy atom. The quantitative estimate of drug-likeness (QED) is 0.933. The zero-order valence-corrected chi connectivity index (χ0v) is 12.3. The number of ether oxygens (including phenoxy) is 2. The normalized spacial score (nSPS) is 13.2. The van der Waals surface area contributed by atoms with Crippen molar-refractivity contribution in [2.24, 2.45) is 0 Å². The molecule has 0 amide bonds. The van der Waals surface area contributed by atoms with E-state index in [1.807, 2.05) is 26.0 Å². The lowest BCUT2D eigenvalue weighted by atomic mass is 10.0. The lowest BCUT2D eigenvalue weighted by Crippen LogP contribution is -2.12. The fourth-order valence-corrected chi connectivity index (χ4v) is 2.46. The molecule has 5 heteroatoms. The number of aryl methyl sites for hydroxylation is 2. The average molecular weight is 285 g/mol. The van der Waals surface area contributed by atoms with Crippen molar-refractivity contribution < 1.29 is 9.47 Å². The van der Waals surface area contributed by atoms with Gasteiger partial charge in [0.2, 0.25) is 11.8 Å². The summed E-state index contributed by atoms with van der Waals surface area (Å²) in [6.45, 7) is 5.29. The highest BCUT2D eigenvalue weighted by Gasteiger charge is 2.14. The molecule has 2 aromatic rings. The predicted molar refractivity (Wildman–Crippen MR) is 81.3 cm³/mol. The summed E-state index contributed by atoms with van der Waals surface area (Å²) in [7, 11) is 0. The van der Waals surface area contributed by atoms with Gasteiger partial charge in [-0.3, -0.25) is 0 Å². The largest absolute Gasteiger partial charge is 0.478 e. The van der Waals surface area contributed by atoms with Crippen molar-refractivity contribution in [3.63, 3.8) is 0 Å². The molecule has 0 unspecified atom stereocenters. The van der Waals surface area contributed by atoms with Crippen molar-refractivity contribution in [2.75, 3.05) is 18.5 Å². The Balaban J connectivity index is 1.90. The molecule has 0 aliphatic carbocycles. The number of benzene rings is 1. The Morgan fingerprint density at radius 1 is 1.24 bits per heavy atom. The molecule has 5 nitrogen and oxygen atoms in total. The molecule has 0 atom stereocenters. The van der Waals surface area contributed by atoms with Crippen molar-refractivity contribution in [1.82, 2.24) is 9.97 Å². The van der Waals surface area contributed by atoms with Gasteiger partial charge in [0.25, 0.3) is 0 Å². The van der Waals surface area contributed by atoms with Gasteiger partial charge in [-0.2, -0.15) is 9.97 Å². The molecule has 0 saturated carbocycles. The molecule has 0 bridgehead atoms. The van der Waals surface area contributed by atoms with E-state index in [0.29, 0.717) is 24.2 Å². The topological polar surface area (TPSA) is 56.3 Å². The number of nitrogens with zero attached hydrogens (tertiary/aromatic N) is 2. The van der Waals surface area contributed by atoms with Crippen molar-refractivity contribution in [3.8, 4) is 17.5 Å². The molecule has 1 aliphatic heterocycles. The molecule has 1 aliphatic rings. The van der Waals surface area contributed by atoms with Gasteiger partial charge in [-0.1, -0.05) is 12.1 Å². The second-order valence-corrected chi connectivity index (χ2v) is 4.95. The summed E-state index contributed by atoms with van der Waals surface area (Å²) in [5, 5.41) is 3.41. The predicted octanol–water partition coefficient (Wildman–Crippen LogP) is 3.33. The number of hydrogen-bond acceptors (Lipinski definition) is 5. The fourth-order valence-electron chi connectivity index (χ4n) is 2.46. The first-order valence-electron chi connectivity index (χ1n) is 7.28. The third-order valence-electron chi connectivity index (χ3n) is 3.33. The lowest BCUT2D eigenvalue weighted by Gasteiger charge is -2.20. The summed E-state index contributed by atoms with van der Waals surface area (Å²) < 4.78 is 11.4. The highest BCUT2D eigenvalue weighted by molar-refractivity contribution is 5.64. The fraction of sp³-hybridized carbons (Fsp3) is 0.375. The summed E-state index contributed by atoms with van der Waals surface area (Å²) in [4.78, 5) is 8.54. The van der Waals surface area contributed by atoms with Crippen LogP contribution in [-0.2, 0) is 6.42 Å². The molecule has 0 radical (unpaired) electrons. The molecule has 3 rings (SSSR count). The second kappa shape index (κ2) is 5.99. The molecule has 1 N–H and O–H groups in total. The van der Waals surface area contributed by atoms with E-state index in [1.165, 1.54) is 5.56 Å². The molecular formula is C16H19N3O2. The highest BCUT2D eigenvalue weighted by atomic mass is 16.5. The lowest BCUT2D eigenvalue weighted by molar-refractivity contribution is 0.321. The van der Waals surface area contributed by atoms with E-state index in [0.717, 1.165) is 30.8 Å². The van der Waals surface area contributed by atoms with E-state index in [9.17, 15) is 0 Å². The minimum atomic E-state index is 0.506. The van der Waals surface area contributed by atoms with Gasteiger partial charge in [0.05, 0.1) is 18.4 Å². The van der Waals surface area contributed by atoms with E-state index in [2.05, 4.69) is 21.4 Å². The Morgan fingerprint density at radius 2 is 2.10 bits per heavy atom. The Labute approximate surface area is 124 Å². The standard InChI is InChI=1S/C16H19N3O2/c1-3-20-14-10-15(19-11(2)18-14)21-13-8-4-6-12-7-5-9-17-16(12)13/h4,6,8,10,17H,3,5,7,9H2,1-2H3. The maximum Gasteiger partial charge on any atom is 0.226 e. The molecule has 0 saturated heterocycles. The molecule has 21 heavy (non-hydrogen) atoms. The third-order valence-corrected chi connectivity index (χ3v) is 3.33. The van der Waals surface area contributed by atoms with Crippen LogP contribution in [0.1, 0.15) is 24.7 Å². The van der Waals surface area contributed by atoms with Gasteiger partial charge < -0.3 is 14.8 Å². The van der Waals surface area contributed by atoms with E-state index < -0.39 is 0 Å². The van der Waals surface area contributed by atoms with E-state index in [1.54, 1.807) is 6.07 Å². The van der Waals surface area contributed by atoms with Crippen LogP contribution in [0.3, 0.4) is 0 Å². The number of nitrogens with one attached hydrogen (secondary N) is 1. The van der Waals surface area contributed by atoms with Crippen LogP contribution in [0.4, 0.5) is 5.69 Å². The van der Waals surface area contributed by atoms with Crippen molar-refractivity contribution in [2.45, 2.75) is 26.7 Å². The zero-order chi connectivity index (χ0) is 14.7. The third kappa shape index (κ3) is 3.07. The highest BCUT2D eigenvalue weighted by Crippen LogP contribution is 2.35. The van der Waals surface area contributed by atoms with Crippen LogP contribution >= 0.6 is 0 Å². The molecule has 1 aromatic carbocycles. The number of anilines is 1. The summed E-state index contributed by atoms with van der Waals surface area (Å²) in [5.41, 5.74) is 2.35. The number of aromatic nitrogens is 2. The first kappa shape index (κ1) is 13.7. The van der Waals surface area contributed by atoms with Gasteiger partial charge in [-0.25, -0.2) is 0 Å². The van der Waals surface area contributed by atoms with Gasteiger partial charge in [-0.15, -0.1) is 0 Å². The first-order valence-corrected chi connectivity index (χ1v) is 7.28. The molecule has 0 spiro atoms. The first-order chi connectivity index (χ1) is 10.3. The van der Waals surface area contributed by atoms with Gasteiger partial charge in [0.1, 0.15) is 5.82 Å². The van der Waals surface area contributed by atoms with Gasteiger partial charge in [-0.05, 0) is 38.3 Å². The molecular weight excluding hydrogens is 266 g/mol. The number of hydrogen-bond donors (Lipinski definition) is 1. The number of rotatable bonds is 4. The van der Waals surface area contributed by atoms with Crippen molar-refractivity contribution in [1.29, 1.82) is 0 Å². The minimum Gasteiger partial charge on any atom is -0.478 e.